The summed E-state index contributed by atoms with van der Waals surface area (Å²) in [5.74, 6) is -0.860. The lowest BCUT2D eigenvalue weighted by Crippen LogP contribution is -2.06. The van der Waals surface area contributed by atoms with Crippen LogP contribution < -0.4 is 0 Å². The number of aryl methyl sites for hydroxylation is 2. The molecule has 2 aromatic heterocycles. The molecule has 0 aliphatic carbocycles. The predicted molar refractivity (Wildman–Crippen MR) is 82.9 cm³/mol. The van der Waals surface area contributed by atoms with E-state index >= 15 is 0 Å². The van der Waals surface area contributed by atoms with Crippen molar-refractivity contribution in [2.75, 3.05) is 0 Å². The van der Waals surface area contributed by atoms with E-state index in [0.717, 1.165) is 29.9 Å². The Morgan fingerprint density at radius 2 is 2.05 bits per heavy atom. The Balaban J connectivity index is 1.87. The second-order valence-electron chi connectivity index (χ2n) is 5.35. The summed E-state index contributed by atoms with van der Waals surface area (Å²) in [6.07, 6.45) is 2.91. The molecule has 0 bridgehead atoms. The van der Waals surface area contributed by atoms with Crippen LogP contribution in [0.5, 0.6) is 0 Å². The summed E-state index contributed by atoms with van der Waals surface area (Å²) in [5, 5.41) is 10.4. The van der Waals surface area contributed by atoms with Gasteiger partial charge in [-0.15, -0.1) is 0 Å². The fourth-order valence-electron chi connectivity index (χ4n) is 2.93. The molecule has 2 N–H and O–H groups in total. The van der Waals surface area contributed by atoms with E-state index in [-0.39, 0.29) is 0 Å². The summed E-state index contributed by atoms with van der Waals surface area (Å²) in [6, 6.07) is 9.97. The standard InChI is InChI=1S/C17H18N2O2/c1-11-9-15(17(20)21)12(2)19(11)8-7-13-10-18-16-6-4-3-5-14(13)16/h3-6,9-10,18H,7-8H2,1-2H3,(H,20,21). The Morgan fingerprint density at radius 1 is 1.29 bits per heavy atom. The number of aromatic amines is 1. The number of benzene rings is 1. The minimum Gasteiger partial charge on any atom is -0.478 e. The third kappa shape index (κ3) is 2.33. The smallest absolute Gasteiger partial charge is 0.337 e. The third-order valence-electron chi connectivity index (χ3n) is 4.08. The maximum atomic E-state index is 11.2. The molecule has 108 valence electrons. The molecular formula is C17H18N2O2. The lowest BCUT2D eigenvalue weighted by Gasteiger charge is -2.09. The van der Waals surface area contributed by atoms with Gasteiger partial charge in [0.15, 0.2) is 0 Å². The van der Waals surface area contributed by atoms with Crippen molar-refractivity contribution < 1.29 is 9.90 Å². The molecule has 4 nitrogen and oxygen atoms in total. The van der Waals surface area contributed by atoms with Crippen LogP contribution in [0.3, 0.4) is 0 Å². The zero-order chi connectivity index (χ0) is 15.0. The molecule has 0 saturated heterocycles. The quantitative estimate of drug-likeness (QED) is 0.769. The number of H-pyrrole nitrogens is 1. The number of aromatic carboxylic acids is 1. The molecular weight excluding hydrogens is 264 g/mol. The van der Waals surface area contributed by atoms with Gasteiger partial charge in [-0.3, -0.25) is 0 Å². The molecule has 0 spiro atoms. The van der Waals surface area contributed by atoms with Crippen molar-refractivity contribution >= 4 is 16.9 Å². The normalized spacial score (nSPS) is 11.1. The minimum absolute atomic E-state index is 0.395. The molecule has 2 heterocycles. The van der Waals surface area contributed by atoms with E-state index in [0.29, 0.717) is 5.56 Å². The average molecular weight is 282 g/mol. The first-order valence-corrected chi connectivity index (χ1v) is 7.03. The number of para-hydroxylation sites is 1. The number of fused-ring (bicyclic) bond motifs is 1. The monoisotopic (exact) mass is 282 g/mol. The van der Waals surface area contributed by atoms with Crippen LogP contribution in [0, 0.1) is 13.8 Å². The van der Waals surface area contributed by atoms with Gasteiger partial charge in [-0.2, -0.15) is 0 Å². The first-order chi connectivity index (χ1) is 10.1. The molecule has 0 amide bonds. The summed E-state index contributed by atoms with van der Waals surface area (Å²) in [6.45, 7) is 4.60. The van der Waals surface area contributed by atoms with Crippen molar-refractivity contribution in [2.24, 2.45) is 0 Å². The second kappa shape index (κ2) is 5.13. The average Bonchev–Trinajstić information content (AvgIpc) is 2.99. The van der Waals surface area contributed by atoms with E-state index in [4.69, 9.17) is 0 Å². The number of carboxylic acid groups (broad SMARTS) is 1. The van der Waals surface area contributed by atoms with Gasteiger partial charge in [0, 0.05) is 35.0 Å². The summed E-state index contributed by atoms with van der Waals surface area (Å²) in [4.78, 5) is 14.5. The van der Waals surface area contributed by atoms with E-state index in [1.807, 2.05) is 32.2 Å². The molecule has 0 radical (unpaired) electrons. The van der Waals surface area contributed by atoms with Crippen molar-refractivity contribution in [1.29, 1.82) is 0 Å². The topological polar surface area (TPSA) is 58.0 Å². The molecule has 0 aliphatic heterocycles. The van der Waals surface area contributed by atoms with Gasteiger partial charge in [-0.1, -0.05) is 18.2 Å². The van der Waals surface area contributed by atoms with Crippen LogP contribution in [0.25, 0.3) is 10.9 Å². The van der Waals surface area contributed by atoms with Gasteiger partial charge in [-0.25, -0.2) is 4.79 Å². The van der Waals surface area contributed by atoms with Gasteiger partial charge in [0.2, 0.25) is 0 Å². The predicted octanol–water partition coefficient (Wildman–Crippen LogP) is 3.53. The van der Waals surface area contributed by atoms with Crippen molar-refractivity contribution in [3.05, 3.63) is 59.0 Å². The molecule has 21 heavy (non-hydrogen) atoms. The number of hydrogen-bond acceptors (Lipinski definition) is 1. The second-order valence-corrected chi connectivity index (χ2v) is 5.35. The number of nitrogens with one attached hydrogen (secondary N) is 1. The molecule has 0 aliphatic rings. The summed E-state index contributed by atoms with van der Waals surface area (Å²) in [5.41, 5.74) is 4.60. The number of rotatable bonds is 4. The maximum absolute atomic E-state index is 11.2. The van der Waals surface area contributed by atoms with Gasteiger partial charge in [0.1, 0.15) is 0 Å². The fourth-order valence-corrected chi connectivity index (χ4v) is 2.93. The summed E-state index contributed by atoms with van der Waals surface area (Å²) >= 11 is 0. The third-order valence-corrected chi connectivity index (χ3v) is 4.08. The van der Waals surface area contributed by atoms with Gasteiger partial charge in [0.05, 0.1) is 5.56 Å². The maximum Gasteiger partial charge on any atom is 0.337 e. The molecule has 3 rings (SSSR count). The molecule has 4 heteroatoms. The Morgan fingerprint density at radius 3 is 2.76 bits per heavy atom. The molecule has 0 saturated carbocycles. The highest BCUT2D eigenvalue weighted by molar-refractivity contribution is 5.89. The Kier molecular flexibility index (Phi) is 3.29. The lowest BCUT2D eigenvalue weighted by atomic mass is 10.1. The largest absolute Gasteiger partial charge is 0.478 e. The Labute approximate surface area is 123 Å². The van der Waals surface area contributed by atoms with Gasteiger partial charge in [0.25, 0.3) is 0 Å². The lowest BCUT2D eigenvalue weighted by molar-refractivity contribution is 0.0696. The van der Waals surface area contributed by atoms with E-state index in [1.54, 1.807) is 6.07 Å². The van der Waals surface area contributed by atoms with Gasteiger partial charge in [-0.05, 0) is 38.0 Å². The van der Waals surface area contributed by atoms with Gasteiger partial charge < -0.3 is 14.7 Å². The van der Waals surface area contributed by atoms with Crippen LogP contribution in [0.15, 0.2) is 36.5 Å². The van der Waals surface area contributed by atoms with E-state index in [1.165, 1.54) is 10.9 Å². The van der Waals surface area contributed by atoms with Crippen LogP contribution in [0.2, 0.25) is 0 Å². The van der Waals surface area contributed by atoms with Crippen molar-refractivity contribution in [3.63, 3.8) is 0 Å². The summed E-state index contributed by atoms with van der Waals surface area (Å²) < 4.78 is 2.07. The SMILES string of the molecule is Cc1cc(C(=O)O)c(C)n1CCc1c[nH]c2ccccc12. The van der Waals surface area contributed by atoms with Crippen molar-refractivity contribution in [3.8, 4) is 0 Å². The first kappa shape index (κ1) is 13.5. The molecule has 1 aromatic carbocycles. The van der Waals surface area contributed by atoms with Crippen LogP contribution in [0.4, 0.5) is 0 Å². The number of carbonyl (C=O) groups is 1. The minimum atomic E-state index is -0.860. The number of carboxylic acids is 1. The van der Waals surface area contributed by atoms with Crippen LogP contribution in [-0.2, 0) is 13.0 Å². The van der Waals surface area contributed by atoms with Crippen LogP contribution in [-0.4, -0.2) is 20.6 Å². The highest BCUT2D eigenvalue weighted by Crippen LogP contribution is 2.20. The zero-order valence-corrected chi connectivity index (χ0v) is 12.2. The Bertz CT molecular complexity index is 811. The van der Waals surface area contributed by atoms with Gasteiger partial charge >= 0.3 is 5.97 Å². The highest BCUT2D eigenvalue weighted by atomic mass is 16.4. The Hall–Kier alpha value is -2.49. The number of hydrogen-bond donors (Lipinski definition) is 2. The molecule has 0 fully saturated rings. The van der Waals surface area contributed by atoms with E-state index < -0.39 is 5.97 Å². The van der Waals surface area contributed by atoms with Crippen molar-refractivity contribution in [1.82, 2.24) is 9.55 Å². The first-order valence-electron chi connectivity index (χ1n) is 7.03. The fraction of sp³-hybridized carbons (Fsp3) is 0.235. The van der Waals surface area contributed by atoms with Crippen LogP contribution >= 0.6 is 0 Å². The molecule has 0 unspecified atom stereocenters. The van der Waals surface area contributed by atoms with Crippen molar-refractivity contribution in [2.45, 2.75) is 26.8 Å². The number of nitrogens with zero attached hydrogens (tertiary/aromatic N) is 1. The molecule has 0 atom stereocenters. The number of aromatic nitrogens is 2. The zero-order valence-electron chi connectivity index (χ0n) is 12.2. The molecule has 3 aromatic rings. The highest BCUT2D eigenvalue weighted by Gasteiger charge is 2.14. The van der Waals surface area contributed by atoms with Crippen LogP contribution in [0.1, 0.15) is 27.3 Å². The van der Waals surface area contributed by atoms with E-state index in [2.05, 4.69) is 21.7 Å². The summed E-state index contributed by atoms with van der Waals surface area (Å²) in [7, 11) is 0. The van der Waals surface area contributed by atoms with E-state index in [9.17, 15) is 9.90 Å².